The minimum atomic E-state index is -0.303. The van der Waals surface area contributed by atoms with Crippen molar-refractivity contribution in [3.05, 3.63) is 63.5 Å². The first kappa shape index (κ1) is 17.7. The molecule has 3 rings (SSSR count). The second kappa shape index (κ2) is 6.33. The molecule has 0 saturated carbocycles. The Bertz CT molecular complexity index is 963. The van der Waals surface area contributed by atoms with Crippen molar-refractivity contribution in [3.8, 4) is 0 Å². The molecule has 0 unspecified atom stereocenters. The lowest BCUT2D eigenvalue weighted by Gasteiger charge is -2.11. The first-order chi connectivity index (χ1) is 12.2. The molecule has 0 aromatic carbocycles. The van der Waals surface area contributed by atoms with Gasteiger partial charge in [-0.3, -0.25) is 14.6 Å². The monoisotopic (exact) mass is 351 g/mol. The third kappa shape index (κ3) is 2.96. The number of nitrogens with zero attached hydrogens (tertiary/aromatic N) is 5. The molecule has 0 N–H and O–H groups in total. The quantitative estimate of drug-likeness (QED) is 0.709. The third-order valence-electron chi connectivity index (χ3n) is 4.27. The van der Waals surface area contributed by atoms with E-state index < -0.39 is 0 Å². The maximum Gasteiger partial charge on any atom is 0.280 e. The van der Waals surface area contributed by atoms with Crippen molar-refractivity contribution < 1.29 is 9.59 Å². The van der Waals surface area contributed by atoms with Crippen LogP contribution in [0.2, 0.25) is 0 Å². The third-order valence-corrected chi connectivity index (χ3v) is 4.27. The second-order valence-electron chi connectivity index (χ2n) is 6.54. The molecule has 0 saturated heterocycles. The number of rotatable bonds is 2. The van der Waals surface area contributed by atoms with Gasteiger partial charge in [-0.05, 0) is 59.7 Å². The fraction of sp³-hybridized carbons (Fsp3) is 0.316. The SMILES string of the molecule is Cc1cc(C)n(C(=O)c2cc(C(=O)n3nc(C)cc3C)c(C)nc2C)n1. The number of carbonyl (C=O) groups is 2. The molecular weight excluding hydrogens is 330 g/mol. The van der Waals surface area contributed by atoms with Gasteiger partial charge in [0.2, 0.25) is 0 Å². The molecule has 7 heteroatoms. The largest absolute Gasteiger partial charge is 0.280 e. The van der Waals surface area contributed by atoms with Gasteiger partial charge >= 0.3 is 0 Å². The van der Waals surface area contributed by atoms with E-state index in [1.54, 1.807) is 19.9 Å². The number of carbonyl (C=O) groups excluding carboxylic acids is 2. The molecule has 3 heterocycles. The van der Waals surface area contributed by atoms with Crippen LogP contribution < -0.4 is 0 Å². The van der Waals surface area contributed by atoms with Crippen LogP contribution in [0, 0.1) is 41.5 Å². The Labute approximate surface area is 151 Å². The van der Waals surface area contributed by atoms with Gasteiger partial charge in [0, 0.05) is 11.4 Å². The van der Waals surface area contributed by atoms with E-state index in [1.165, 1.54) is 9.36 Å². The summed E-state index contributed by atoms with van der Waals surface area (Å²) in [6, 6.07) is 5.25. The van der Waals surface area contributed by atoms with Crippen LogP contribution in [0.3, 0.4) is 0 Å². The van der Waals surface area contributed by atoms with Gasteiger partial charge in [-0.1, -0.05) is 0 Å². The maximum atomic E-state index is 12.9. The van der Waals surface area contributed by atoms with E-state index in [4.69, 9.17) is 0 Å². The van der Waals surface area contributed by atoms with Crippen LogP contribution in [0.5, 0.6) is 0 Å². The van der Waals surface area contributed by atoms with Crippen LogP contribution >= 0.6 is 0 Å². The van der Waals surface area contributed by atoms with E-state index >= 15 is 0 Å². The van der Waals surface area contributed by atoms with E-state index in [0.717, 1.165) is 22.8 Å². The maximum absolute atomic E-state index is 12.9. The van der Waals surface area contributed by atoms with Crippen LogP contribution in [-0.2, 0) is 0 Å². The predicted octanol–water partition coefficient (Wildman–Crippen LogP) is 2.70. The lowest BCUT2D eigenvalue weighted by molar-refractivity contribution is 0.0941. The molecule has 134 valence electrons. The molecule has 0 radical (unpaired) electrons. The molecular formula is C19H21N5O2. The fourth-order valence-electron chi connectivity index (χ4n) is 3.06. The van der Waals surface area contributed by atoms with Crippen LogP contribution in [0.4, 0.5) is 0 Å². The standard InChI is InChI=1S/C19H21N5O2/c1-10-7-12(3)23(21-10)18(25)16-9-17(15(6)20-14(16)5)19(26)24-13(4)8-11(2)22-24/h7-9H,1-6H3. The smallest absolute Gasteiger partial charge is 0.267 e. The minimum absolute atomic E-state index is 0.303. The summed E-state index contributed by atoms with van der Waals surface area (Å²) in [6.07, 6.45) is 0. The Kier molecular flexibility index (Phi) is 4.31. The van der Waals surface area contributed by atoms with Crippen molar-refractivity contribution in [3.63, 3.8) is 0 Å². The zero-order chi connectivity index (χ0) is 19.2. The summed E-state index contributed by atoms with van der Waals surface area (Å²) in [4.78, 5) is 30.3. The Morgan fingerprint density at radius 3 is 1.38 bits per heavy atom. The van der Waals surface area contributed by atoms with Crippen LogP contribution in [0.1, 0.15) is 54.9 Å². The van der Waals surface area contributed by atoms with Crippen LogP contribution in [0.15, 0.2) is 18.2 Å². The average molecular weight is 351 g/mol. The lowest BCUT2D eigenvalue weighted by Crippen LogP contribution is -2.21. The van der Waals surface area contributed by atoms with Gasteiger partial charge in [0.15, 0.2) is 0 Å². The van der Waals surface area contributed by atoms with E-state index in [2.05, 4.69) is 15.2 Å². The van der Waals surface area contributed by atoms with Crippen LogP contribution in [-0.4, -0.2) is 36.4 Å². The fourth-order valence-corrected chi connectivity index (χ4v) is 3.06. The number of aryl methyl sites for hydroxylation is 6. The van der Waals surface area contributed by atoms with Gasteiger partial charge in [0.1, 0.15) is 0 Å². The van der Waals surface area contributed by atoms with Gasteiger partial charge in [0.05, 0.1) is 33.9 Å². The predicted molar refractivity (Wildman–Crippen MR) is 96.6 cm³/mol. The summed E-state index contributed by atoms with van der Waals surface area (Å²) in [7, 11) is 0. The molecule has 3 aromatic heterocycles. The van der Waals surface area contributed by atoms with Gasteiger partial charge in [0.25, 0.3) is 11.8 Å². The minimum Gasteiger partial charge on any atom is -0.267 e. The van der Waals surface area contributed by atoms with Crippen molar-refractivity contribution in [1.29, 1.82) is 0 Å². The van der Waals surface area contributed by atoms with Crippen molar-refractivity contribution >= 4 is 11.8 Å². The highest BCUT2D eigenvalue weighted by molar-refractivity contribution is 6.02. The molecule has 0 atom stereocenters. The highest BCUT2D eigenvalue weighted by atomic mass is 16.2. The zero-order valence-electron chi connectivity index (χ0n) is 15.8. The molecule has 0 spiro atoms. The Morgan fingerprint density at radius 2 is 1.08 bits per heavy atom. The summed E-state index contributed by atoms with van der Waals surface area (Å²) in [5.41, 5.74) is 4.81. The molecule has 0 aliphatic rings. The Balaban J connectivity index is 2.10. The van der Waals surface area contributed by atoms with Crippen molar-refractivity contribution in [2.75, 3.05) is 0 Å². The molecule has 3 aromatic rings. The topological polar surface area (TPSA) is 82.7 Å². The molecule has 0 amide bonds. The summed E-state index contributed by atoms with van der Waals surface area (Å²) >= 11 is 0. The van der Waals surface area contributed by atoms with E-state index in [1.807, 2.05) is 39.8 Å². The van der Waals surface area contributed by atoms with Gasteiger partial charge in [-0.25, -0.2) is 9.36 Å². The normalized spacial score (nSPS) is 11.0. The summed E-state index contributed by atoms with van der Waals surface area (Å²) in [5.74, 6) is -0.606. The molecule has 0 aliphatic heterocycles. The highest BCUT2D eigenvalue weighted by Gasteiger charge is 2.22. The summed E-state index contributed by atoms with van der Waals surface area (Å²) in [5, 5.41) is 8.47. The summed E-state index contributed by atoms with van der Waals surface area (Å²) in [6.45, 7) is 10.8. The molecule has 0 bridgehead atoms. The number of pyridine rings is 1. The number of hydrogen-bond acceptors (Lipinski definition) is 5. The average Bonchev–Trinajstić information content (AvgIpc) is 3.07. The summed E-state index contributed by atoms with van der Waals surface area (Å²) < 4.78 is 2.68. The van der Waals surface area contributed by atoms with Crippen molar-refractivity contribution in [1.82, 2.24) is 24.5 Å². The van der Waals surface area contributed by atoms with Gasteiger partial charge < -0.3 is 0 Å². The van der Waals surface area contributed by atoms with E-state index in [0.29, 0.717) is 22.5 Å². The van der Waals surface area contributed by atoms with Crippen molar-refractivity contribution in [2.24, 2.45) is 0 Å². The van der Waals surface area contributed by atoms with Gasteiger partial charge in [-0.15, -0.1) is 0 Å². The number of hydrogen-bond donors (Lipinski definition) is 0. The van der Waals surface area contributed by atoms with Crippen molar-refractivity contribution in [2.45, 2.75) is 41.5 Å². The Morgan fingerprint density at radius 1 is 0.692 bits per heavy atom. The highest BCUT2D eigenvalue weighted by Crippen LogP contribution is 2.17. The molecule has 7 nitrogen and oxygen atoms in total. The lowest BCUT2D eigenvalue weighted by atomic mass is 10.1. The second-order valence-corrected chi connectivity index (χ2v) is 6.54. The first-order valence-electron chi connectivity index (χ1n) is 8.33. The van der Waals surface area contributed by atoms with Crippen LogP contribution in [0.25, 0.3) is 0 Å². The zero-order valence-corrected chi connectivity index (χ0v) is 15.8. The van der Waals surface area contributed by atoms with Gasteiger partial charge in [-0.2, -0.15) is 10.2 Å². The Hall–Kier alpha value is -3.09. The molecule has 26 heavy (non-hydrogen) atoms. The first-order valence-corrected chi connectivity index (χ1v) is 8.33. The van der Waals surface area contributed by atoms with E-state index in [9.17, 15) is 9.59 Å². The molecule has 0 aliphatic carbocycles. The molecule has 0 fully saturated rings. The van der Waals surface area contributed by atoms with E-state index in [-0.39, 0.29) is 11.8 Å². The number of aromatic nitrogens is 5.